The molecule has 0 aromatic carbocycles. The summed E-state index contributed by atoms with van der Waals surface area (Å²) < 4.78 is 1.58. The Hall–Kier alpha value is -1.65. The Bertz CT molecular complexity index is 412. The van der Waals surface area contributed by atoms with Crippen molar-refractivity contribution in [2.24, 2.45) is 0 Å². The van der Waals surface area contributed by atoms with Gasteiger partial charge in [-0.2, -0.15) is 5.10 Å². The standard InChI is InChI=1S/C11H14N4O/c16-11(6-14-8-12-7-13-14)15-9-2-1-3-10(15)5-4-9/h1-2,7-10H,3-6H2. The molecular weight excluding hydrogens is 204 g/mol. The maximum Gasteiger partial charge on any atom is 0.245 e. The normalized spacial score (nSPS) is 27.4. The van der Waals surface area contributed by atoms with Crippen LogP contribution in [0.4, 0.5) is 0 Å². The van der Waals surface area contributed by atoms with Crippen LogP contribution < -0.4 is 0 Å². The Kier molecular flexibility index (Phi) is 2.23. The molecular formula is C11H14N4O. The summed E-state index contributed by atoms with van der Waals surface area (Å²) in [5, 5.41) is 3.96. The number of rotatable bonds is 2. The second-order valence-electron chi connectivity index (χ2n) is 4.36. The zero-order valence-electron chi connectivity index (χ0n) is 8.99. The number of hydrogen-bond donors (Lipinski definition) is 0. The van der Waals surface area contributed by atoms with Gasteiger partial charge in [0.15, 0.2) is 0 Å². The van der Waals surface area contributed by atoms with Gasteiger partial charge in [0.05, 0.1) is 6.04 Å². The van der Waals surface area contributed by atoms with Crippen LogP contribution in [0.5, 0.6) is 0 Å². The van der Waals surface area contributed by atoms with E-state index in [4.69, 9.17) is 0 Å². The van der Waals surface area contributed by atoms with Gasteiger partial charge in [0.2, 0.25) is 5.91 Å². The molecule has 2 unspecified atom stereocenters. The van der Waals surface area contributed by atoms with Gasteiger partial charge in [0, 0.05) is 6.04 Å². The molecule has 0 radical (unpaired) electrons. The summed E-state index contributed by atoms with van der Waals surface area (Å²) in [5.74, 6) is 0.155. The molecule has 3 rings (SSSR count). The van der Waals surface area contributed by atoms with Crippen LogP contribution in [0.2, 0.25) is 0 Å². The van der Waals surface area contributed by atoms with Crippen LogP contribution in [-0.2, 0) is 11.3 Å². The van der Waals surface area contributed by atoms with Crippen molar-refractivity contribution in [3.8, 4) is 0 Å². The highest BCUT2D eigenvalue weighted by atomic mass is 16.2. The van der Waals surface area contributed by atoms with Crippen LogP contribution in [0.3, 0.4) is 0 Å². The molecule has 1 aromatic heterocycles. The van der Waals surface area contributed by atoms with Gasteiger partial charge < -0.3 is 4.90 Å². The van der Waals surface area contributed by atoms with Crippen molar-refractivity contribution in [3.63, 3.8) is 0 Å². The van der Waals surface area contributed by atoms with Crippen molar-refractivity contribution in [2.45, 2.75) is 37.9 Å². The lowest BCUT2D eigenvalue weighted by atomic mass is 10.1. The van der Waals surface area contributed by atoms with Crippen molar-refractivity contribution in [3.05, 3.63) is 24.8 Å². The Balaban J connectivity index is 1.74. The predicted octanol–water partition coefficient (Wildman–Crippen LogP) is 0.598. The molecule has 16 heavy (non-hydrogen) atoms. The van der Waals surface area contributed by atoms with E-state index in [9.17, 15) is 4.79 Å². The minimum absolute atomic E-state index is 0.155. The Morgan fingerprint density at radius 2 is 2.38 bits per heavy atom. The first-order valence-corrected chi connectivity index (χ1v) is 5.65. The van der Waals surface area contributed by atoms with E-state index in [1.807, 2.05) is 4.90 Å². The monoisotopic (exact) mass is 218 g/mol. The fraction of sp³-hybridized carbons (Fsp3) is 0.545. The summed E-state index contributed by atoms with van der Waals surface area (Å²) in [6, 6.07) is 0.723. The van der Waals surface area contributed by atoms with Crippen LogP contribution in [0.15, 0.2) is 24.8 Å². The van der Waals surface area contributed by atoms with E-state index < -0.39 is 0 Å². The largest absolute Gasteiger partial charge is 0.331 e. The number of nitrogens with zero attached hydrogens (tertiary/aromatic N) is 4. The van der Waals surface area contributed by atoms with E-state index in [0.717, 1.165) is 19.3 Å². The first kappa shape index (κ1) is 9.57. The van der Waals surface area contributed by atoms with E-state index in [-0.39, 0.29) is 5.91 Å². The van der Waals surface area contributed by atoms with Gasteiger partial charge in [-0.05, 0) is 19.3 Å². The summed E-state index contributed by atoms with van der Waals surface area (Å²) in [6.45, 7) is 0.306. The zero-order chi connectivity index (χ0) is 11.0. The van der Waals surface area contributed by atoms with Gasteiger partial charge in [-0.1, -0.05) is 12.2 Å². The Labute approximate surface area is 93.8 Å². The number of aromatic nitrogens is 3. The topological polar surface area (TPSA) is 51.0 Å². The van der Waals surface area contributed by atoms with Crippen molar-refractivity contribution >= 4 is 5.91 Å². The highest BCUT2D eigenvalue weighted by Crippen LogP contribution is 2.31. The smallest absolute Gasteiger partial charge is 0.245 e. The van der Waals surface area contributed by atoms with Gasteiger partial charge in [-0.15, -0.1) is 0 Å². The molecule has 1 saturated heterocycles. The van der Waals surface area contributed by atoms with E-state index >= 15 is 0 Å². The molecule has 0 spiro atoms. The van der Waals surface area contributed by atoms with Gasteiger partial charge in [-0.3, -0.25) is 4.79 Å². The third-order valence-corrected chi connectivity index (χ3v) is 3.36. The molecule has 1 aromatic rings. The summed E-state index contributed by atoms with van der Waals surface area (Å²) in [6.07, 6.45) is 10.6. The lowest BCUT2D eigenvalue weighted by Gasteiger charge is -2.31. The summed E-state index contributed by atoms with van der Waals surface area (Å²) in [5.41, 5.74) is 0. The molecule has 2 aliphatic rings. The average molecular weight is 218 g/mol. The lowest BCUT2D eigenvalue weighted by Crippen LogP contribution is -2.43. The van der Waals surface area contributed by atoms with Crippen molar-refractivity contribution in [1.82, 2.24) is 19.7 Å². The molecule has 0 saturated carbocycles. The maximum atomic E-state index is 12.1. The van der Waals surface area contributed by atoms with Crippen molar-refractivity contribution in [2.75, 3.05) is 0 Å². The minimum atomic E-state index is 0.155. The molecule has 0 aliphatic carbocycles. The number of fused-ring (bicyclic) bond motifs is 2. The molecule has 2 bridgehead atoms. The molecule has 5 nitrogen and oxygen atoms in total. The van der Waals surface area contributed by atoms with Gasteiger partial charge in [0.25, 0.3) is 0 Å². The molecule has 2 atom stereocenters. The summed E-state index contributed by atoms with van der Waals surface area (Å²) in [7, 11) is 0. The predicted molar refractivity (Wildman–Crippen MR) is 57.4 cm³/mol. The van der Waals surface area contributed by atoms with Crippen molar-refractivity contribution < 1.29 is 4.79 Å². The van der Waals surface area contributed by atoms with Gasteiger partial charge >= 0.3 is 0 Å². The Morgan fingerprint density at radius 3 is 3.12 bits per heavy atom. The quantitative estimate of drug-likeness (QED) is 0.683. The fourth-order valence-electron chi connectivity index (χ4n) is 2.65. The number of carbonyl (C=O) groups excluding carboxylic acids is 1. The van der Waals surface area contributed by atoms with Crippen molar-refractivity contribution in [1.29, 1.82) is 0 Å². The first-order chi connectivity index (χ1) is 7.84. The zero-order valence-corrected chi connectivity index (χ0v) is 8.99. The SMILES string of the molecule is O=C(Cn1cncn1)N1C2C=CCC1CC2. The lowest BCUT2D eigenvalue weighted by molar-refractivity contribution is -0.134. The molecule has 1 amide bonds. The molecule has 3 heterocycles. The third-order valence-electron chi connectivity index (χ3n) is 3.36. The third kappa shape index (κ3) is 1.52. The molecule has 0 N–H and O–H groups in total. The molecule has 1 fully saturated rings. The van der Waals surface area contributed by atoms with E-state index in [1.165, 1.54) is 6.33 Å². The number of hydrogen-bond acceptors (Lipinski definition) is 3. The second kappa shape index (κ2) is 3.73. The minimum Gasteiger partial charge on any atom is -0.331 e. The molecule has 5 heteroatoms. The second-order valence-corrected chi connectivity index (χ2v) is 4.36. The first-order valence-electron chi connectivity index (χ1n) is 5.65. The highest BCUT2D eigenvalue weighted by molar-refractivity contribution is 5.77. The van der Waals surface area contributed by atoms with Crippen LogP contribution in [-0.4, -0.2) is 37.7 Å². The van der Waals surface area contributed by atoms with Crippen LogP contribution >= 0.6 is 0 Å². The fourth-order valence-corrected chi connectivity index (χ4v) is 2.65. The van der Waals surface area contributed by atoms with Crippen LogP contribution in [0.25, 0.3) is 0 Å². The molecule has 84 valence electrons. The van der Waals surface area contributed by atoms with E-state index in [0.29, 0.717) is 18.6 Å². The molecule has 2 aliphatic heterocycles. The van der Waals surface area contributed by atoms with Crippen LogP contribution in [0.1, 0.15) is 19.3 Å². The van der Waals surface area contributed by atoms with Gasteiger partial charge in [-0.25, -0.2) is 9.67 Å². The maximum absolute atomic E-state index is 12.1. The number of carbonyl (C=O) groups is 1. The van der Waals surface area contributed by atoms with E-state index in [2.05, 4.69) is 22.2 Å². The summed E-state index contributed by atoms with van der Waals surface area (Å²) in [4.78, 5) is 18.0. The number of amides is 1. The Morgan fingerprint density at radius 1 is 1.44 bits per heavy atom. The van der Waals surface area contributed by atoms with Gasteiger partial charge in [0.1, 0.15) is 19.2 Å². The van der Waals surface area contributed by atoms with E-state index in [1.54, 1.807) is 11.0 Å². The summed E-state index contributed by atoms with van der Waals surface area (Å²) >= 11 is 0. The van der Waals surface area contributed by atoms with Crippen LogP contribution in [0, 0.1) is 0 Å². The average Bonchev–Trinajstić information content (AvgIpc) is 2.86. The highest BCUT2D eigenvalue weighted by Gasteiger charge is 2.36.